The zero-order chi connectivity index (χ0) is 9.84. The third kappa shape index (κ3) is 2.32. The van der Waals surface area contributed by atoms with Gasteiger partial charge < -0.3 is 10.5 Å². The van der Waals surface area contributed by atoms with Crippen molar-refractivity contribution >= 4 is 0 Å². The van der Waals surface area contributed by atoms with E-state index in [-0.39, 0.29) is 12.2 Å². The maximum absolute atomic E-state index is 13.0. The summed E-state index contributed by atoms with van der Waals surface area (Å²) in [7, 11) is 0. The Morgan fingerprint density at radius 3 is 2.77 bits per heavy atom. The summed E-state index contributed by atoms with van der Waals surface area (Å²) >= 11 is 0. The van der Waals surface area contributed by atoms with Gasteiger partial charge in [0.15, 0.2) is 11.6 Å². The Morgan fingerprint density at radius 2 is 2.23 bits per heavy atom. The van der Waals surface area contributed by atoms with Gasteiger partial charge in [-0.05, 0) is 0 Å². The van der Waals surface area contributed by atoms with Crippen molar-refractivity contribution in [3.05, 3.63) is 23.8 Å². The Hall–Kier alpha value is -1.30. The number of rotatable bonds is 3. The molecule has 0 unspecified atom stereocenters. The van der Waals surface area contributed by atoms with Gasteiger partial charge in [0.2, 0.25) is 0 Å². The van der Waals surface area contributed by atoms with Crippen LogP contribution in [0.4, 0.5) is 13.2 Å². The normalized spacial score (nSPS) is 10.5. The van der Waals surface area contributed by atoms with Crippen LogP contribution in [-0.4, -0.2) is 11.6 Å². The van der Waals surface area contributed by atoms with Gasteiger partial charge in [0, 0.05) is 18.8 Å². The summed E-state index contributed by atoms with van der Waals surface area (Å²) in [5.41, 5.74) is 5.01. The van der Waals surface area contributed by atoms with Crippen LogP contribution in [0, 0.1) is 5.82 Å². The molecule has 2 N–H and O–H groups in total. The molecule has 3 nitrogen and oxygen atoms in total. The molecule has 0 atom stereocenters. The van der Waals surface area contributed by atoms with Crippen LogP contribution < -0.4 is 10.5 Å². The fraction of sp³-hybridized carbons (Fsp3) is 0.286. The number of nitrogens with two attached hydrogens (primary N) is 1. The first-order chi connectivity index (χ1) is 6.15. The lowest BCUT2D eigenvalue weighted by molar-refractivity contribution is -0.0523. The Balaban J connectivity index is 2.94. The summed E-state index contributed by atoms with van der Waals surface area (Å²) in [4.78, 5) is 3.54. The average Bonchev–Trinajstić information content (AvgIpc) is 2.08. The molecule has 1 aromatic heterocycles. The molecule has 13 heavy (non-hydrogen) atoms. The molecule has 0 radical (unpaired) electrons. The number of nitrogens with zero attached hydrogens (tertiary/aromatic N) is 1. The van der Waals surface area contributed by atoms with Crippen LogP contribution in [0.1, 0.15) is 5.69 Å². The third-order valence-electron chi connectivity index (χ3n) is 1.34. The zero-order valence-electron chi connectivity index (χ0n) is 6.51. The highest BCUT2D eigenvalue weighted by Gasteiger charge is 2.12. The molecule has 0 fully saturated rings. The predicted octanol–water partition coefficient (Wildman–Crippen LogP) is 1.28. The summed E-state index contributed by atoms with van der Waals surface area (Å²) in [6, 6.07) is 1.01. The van der Waals surface area contributed by atoms with E-state index in [2.05, 4.69) is 9.72 Å². The largest absolute Gasteiger partial charge is 0.432 e. The van der Waals surface area contributed by atoms with E-state index < -0.39 is 18.2 Å². The molecule has 1 heterocycles. The van der Waals surface area contributed by atoms with Crippen LogP contribution in [0.25, 0.3) is 0 Å². The fourth-order valence-corrected chi connectivity index (χ4v) is 0.796. The standard InChI is InChI=1S/C7H7F3N2O/c8-6-4(3-11)12-2-1-5(6)13-7(9)10/h1-2,7H,3,11H2. The monoisotopic (exact) mass is 192 g/mol. The van der Waals surface area contributed by atoms with E-state index in [9.17, 15) is 13.2 Å². The molecule has 0 aromatic carbocycles. The summed E-state index contributed by atoms with van der Waals surface area (Å²) < 4.78 is 40.3. The minimum absolute atomic E-state index is 0.0989. The summed E-state index contributed by atoms with van der Waals surface area (Å²) in [5.74, 6) is -1.48. The van der Waals surface area contributed by atoms with E-state index in [4.69, 9.17) is 5.73 Å². The SMILES string of the molecule is NCc1nccc(OC(F)F)c1F. The minimum Gasteiger partial charge on any atom is -0.432 e. The first-order valence-corrected chi connectivity index (χ1v) is 3.43. The Morgan fingerprint density at radius 1 is 1.54 bits per heavy atom. The molecule has 0 amide bonds. The molecule has 1 rings (SSSR count). The van der Waals surface area contributed by atoms with Crippen LogP contribution in [0.2, 0.25) is 0 Å². The van der Waals surface area contributed by atoms with Gasteiger partial charge in [-0.1, -0.05) is 0 Å². The number of alkyl halides is 2. The number of hydrogen-bond acceptors (Lipinski definition) is 3. The highest BCUT2D eigenvalue weighted by molar-refractivity contribution is 5.25. The molecule has 0 saturated carbocycles. The second-order valence-corrected chi connectivity index (χ2v) is 2.15. The van der Waals surface area contributed by atoms with Crippen LogP contribution in [0.3, 0.4) is 0 Å². The molecular formula is C7H7F3N2O. The highest BCUT2D eigenvalue weighted by atomic mass is 19.3. The van der Waals surface area contributed by atoms with Crippen molar-refractivity contribution < 1.29 is 17.9 Å². The van der Waals surface area contributed by atoms with E-state index in [1.807, 2.05) is 0 Å². The molecule has 6 heteroatoms. The molecule has 1 aromatic rings. The number of aromatic nitrogens is 1. The molecule has 0 saturated heterocycles. The Bertz CT molecular complexity index is 293. The fourth-order valence-electron chi connectivity index (χ4n) is 0.796. The average molecular weight is 192 g/mol. The van der Waals surface area contributed by atoms with E-state index in [0.29, 0.717) is 0 Å². The van der Waals surface area contributed by atoms with Crippen LogP contribution in [-0.2, 0) is 6.54 Å². The van der Waals surface area contributed by atoms with Gasteiger partial charge >= 0.3 is 6.61 Å². The van der Waals surface area contributed by atoms with Gasteiger partial charge in [-0.25, -0.2) is 4.39 Å². The molecule has 0 bridgehead atoms. The summed E-state index contributed by atoms with van der Waals surface area (Å²) in [6.45, 7) is -3.21. The molecule has 72 valence electrons. The van der Waals surface area contributed by atoms with E-state index >= 15 is 0 Å². The topological polar surface area (TPSA) is 48.1 Å². The maximum atomic E-state index is 13.0. The molecule has 0 aliphatic heterocycles. The highest BCUT2D eigenvalue weighted by Crippen LogP contribution is 2.19. The van der Waals surface area contributed by atoms with Gasteiger partial charge in [0.25, 0.3) is 0 Å². The smallest absolute Gasteiger partial charge is 0.387 e. The lowest BCUT2D eigenvalue weighted by Gasteiger charge is -2.06. The number of pyridine rings is 1. The second-order valence-electron chi connectivity index (χ2n) is 2.15. The molecule has 0 aliphatic rings. The lowest BCUT2D eigenvalue weighted by Crippen LogP contribution is -2.08. The van der Waals surface area contributed by atoms with Crippen molar-refractivity contribution in [2.75, 3.05) is 0 Å². The van der Waals surface area contributed by atoms with Gasteiger partial charge in [-0.2, -0.15) is 8.78 Å². The first-order valence-electron chi connectivity index (χ1n) is 3.43. The zero-order valence-corrected chi connectivity index (χ0v) is 6.51. The first kappa shape index (κ1) is 9.79. The predicted molar refractivity (Wildman–Crippen MR) is 38.7 cm³/mol. The Labute approximate surface area is 72.3 Å². The van der Waals surface area contributed by atoms with Crippen molar-refractivity contribution in [2.24, 2.45) is 5.73 Å². The Kier molecular flexibility index (Phi) is 3.07. The van der Waals surface area contributed by atoms with E-state index in [1.165, 1.54) is 0 Å². The number of halogens is 3. The van der Waals surface area contributed by atoms with Crippen molar-refractivity contribution in [3.63, 3.8) is 0 Å². The third-order valence-corrected chi connectivity index (χ3v) is 1.34. The van der Waals surface area contributed by atoms with Crippen molar-refractivity contribution in [1.82, 2.24) is 4.98 Å². The lowest BCUT2D eigenvalue weighted by atomic mass is 10.3. The quantitative estimate of drug-likeness (QED) is 0.784. The minimum atomic E-state index is -3.05. The van der Waals surface area contributed by atoms with Gasteiger partial charge in [0.05, 0.1) is 5.69 Å². The van der Waals surface area contributed by atoms with Gasteiger partial charge in [-0.3, -0.25) is 4.98 Å². The van der Waals surface area contributed by atoms with Gasteiger partial charge in [0.1, 0.15) is 0 Å². The molecule has 0 spiro atoms. The molecule has 0 aliphatic carbocycles. The van der Waals surface area contributed by atoms with E-state index in [0.717, 1.165) is 12.3 Å². The number of ether oxygens (including phenoxy) is 1. The van der Waals surface area contributed by atoms with E-state index in [1.54, 1.807) is 0 Å². The van der Waals surface area contributed by atoms with Crippen molar-refractivity contribution in [3.8, 4) is 5.75 Å². The van der Waals surface area contributed by atoms with Crippen LogP contribution in [0.5, 0.6) is 5.75 Å². The van der Waals surface area contributed by atoms with Crippen LogP contribution >= 0.6 is 0 Å². The van der Waals surface area contributed by atoms with Crippen LogP contribution in [0.15, 0.2) is 12.3 Å². The summed E-state index contributed by atoms with van der Waals surface area (Å²) in [5, 5.41) is 0. The maximum Gasteiger partial charge on any atom is 0.387 e. The molecular weight excluding hydrogens is 185 g/mol. The van der Waals surface area contributed by atoms with Gasteiger partial charge in [-0.15, -0.1) is 0 Å². The van der Waals surface area contributed by atoms with Crippen molar-refractivity contribution in [1.29, 1.82) is 0 Å². The number of hydrogen-bond donors (Lipinski definition) is 1. The summed E-state index contributed by atoms with van der Waals surface area (Å²) in [6.07, 6.45) is 1.16. The second kappa shape index (κ2) is 4.08. The van der Waals surface area contributed by atoms with Crippen molar-refractivity contribution in [2.45, 2.75) is 13.2 Å².